The van der Waals surface area contributed by atoms with E-state index in [1.807, 2.05) is 62.6 Å². The Hall–Kier alpha value is -1.60. The Labute approximate surface area is 112 Å². The highest BCUT2D eigenvalue weighted by molar-refractivity contribution is 5.50. The maximum atomic E-state index is 3.02. The summed E-state index contributed by atoms with van der Waals surface area (Å²) in [7, 11) is 1.96. The zero-order valence-corrected chi connectivity index (χ0v) is 11.8. The smallest absolute Gasteiger partial charge is 0.00546 e. The first-order chi connectivity index (χ1) is 8.85. The highest BCUT2D eigenvalue weighted by Gasteiger charge is 1.78. The second-order valence-corrected chi connectivity index (χ2v) is 3.78. The molecule has 0 saturated heterocycles. The molecule has 18 heavy (non-hydrogen) atoms. The molecule has 1 heteroatoms. The van der Waals surface area contributed by atoms with Crippen molar-refractivity contribution in [3.63, 3.8) is 0 Å². The quantitative estimate of drug-likeness (QED) is 0.753. The maximum Gasteiger partial charge on any atom is -0.00546 e. The van der Waals surface area contributed by atoms with Crippen molar-refractivity contribution in [1.82, 2.24) is 5.32 Å². The highest BCUT2D eigenvalue weighted by atomic mass is 14.8. The van der Waals surface area contributed by atoms with Gasteiger partial charge >= 0.3 is 0 Å². The molecular weight excluding hydrogens is 218 g/mol. The minimum atomic E-state index is 1.14. The fourth-order valence-corrected chi connectivity index (χ4v) is 1.22. The van der Waals surface area contributed by atoms with Gasteiger partial charge in [-0.15, -0.1) is 0 Å². The molecular formula is C17H25N. The molecule has 0 unspecified atom stereocenters. The molecule has 98 valence electrons. The van der Waals surface area contributed by atoms with E-state index in [4.69, 9.17) is 0 Å². The molecule has 0 atom stereocenters. The minimum absolute atomic E-state index is 1.14. The number of hydrogen-bond acceptors (Lipinski definition) is 1. The molecule has 0 spiro atoms. The van der Waals surface area contributed by atoms with Crippen molar-refractivity contribution in [2.75, 3.05) is 13.6 Å². The molecule has 0 radical (unpaired) electrons. The summed E-state index contributed by atoms with van der Waals surface area (Å²) in [6, 6.07) is 10.3. The Morgan fingerprint density at radius 2 is 1.67 bits per heavy atom. The van der Waals surface area contributed by atoms with Crippen molar-refractivity contribution in [2.24, 2.45) is 0 Å². The summed E-state index contributed by atoms with van der Waals surface area (Å²) in [5, 5.41) is 3.02. The Kier molecular flexibility index (Phi) is 12.3. The van der Waals surface area contributed by atoms with Crippen LogP contribution in [-0.4, -0.2) is 13.6 Å². The fourth-order valence-electron chi connectivity index (χ4n) is 1.22. The predicted octanol–water partition coefficient (Wildman–Crippen LogP) is 4.45. The Bertz CT molecular complexity index is 345. The topological polar surface area (TPSA) is 12.0 Å². The molecule has 0 aliphatic rings. The highest BCUT2D eigenvalue weighted by Crippen LogP contribution is 2.00. The van der Waals surface area contributed by atoms with E-state index in [1.165, 1.54) is 12.0 Å². The van der Waals surface area contributed by atoms with Crippen LogP contribution >= 0.6 is 0 Å². The molecule has 1 rings (SSSR count). The van der Waals surface area contributed by atoms with Crippen molar-refractivity contribution in [2.45, 2.75) is 20.3 Å². The largest absolute Gasteiger partial charge is 0.320 e. The van der Waals surface area contributed by atoms with Gasteiger partial charge in [0.05, 0.1) is 0 Å². The van der Waals surface area contributed by atoms with E-state index in [0.29, 0.717) is 0 Å². The third kappa shape index (κ3) is 10.9. The predicted molar refractivity (Wildman–Crippen MR) is 83.6 cm³/mol. The lowest BCUT2D eigenvalue weighted by molar-refractivity contribution is 0.772. The first kappa shape index (κ1) is 16.4. The van der Waals surface area contributed by atoms with Crippen LogP contribution in [0.3, 0.4) is 0 Å². The van der Waals surface area contributed by atoms with Gasteiger partial charge in [-0.05, 0) is 32.5 Å². The van der Waals surface area contributed by atoms with Crippen LogP contribution in [0.1, 0.15) is 25.8 Å². The molecule has 0 saturated carbocycles. The standard InChI is InChI=1S/C13H14.C4H11N/c1-2-3-4-5-7-10-13-11-8-6-9-12-13;1-3-4-5-2/h2-12H,1H3;5H,3-4H2,1-2H3/b3-2-,5-4-,10-7+;. The van der Waals surface area contributed by atoms with E-state index in [9.17, 15) is 0 Å². The van der Waals surface area contributed by atoms with Crippen molar-refractivity contribution < 1.29 is 0 Å². The zero-order chi connectivity index (χ0) is 13.5. The molecule has 0 fully saturated rings. The zero-order valence-electron chi connectivity index (χ0n) is 11.8. The van der Waals surface area contributed by atoms with Crippen LogP contribution in [0.4, 0.5) is 0 Å². The molecule has 0 aliphatic heterocycles. The van der Waals surface area contributed by atoms with E-state index < -0.39 is 0 Å². The number of nitrogens with one attached hydrogen (secondary N) is 1. The summed E-state index contributed by atoms with van der Waals surface area (Å²) in [4.78, 5) is 0. The number of allylic oxidation sites excluding steroid dienone is 5. The molecule has 1 aromatic carbocycles. The third-order valence-electron chi connectivity index (χ3n) is 2.11. The van der Waals surface area contributed by atoms with Crippen LogP contribution in [0.2, 0.25) is 0 Å². The van der Waals surface area contributed by atoms with E-state index in [-0.39, 0.29) is 0 Å². The second-order valence-electron chi connectivity index (χ2n) is 3.78. The van der Waals surface area contributed by atoms with Crippen LogP contribution in [0.5, 0.6) is 0 Å². The van der Waals surface area contributed by atoms with Crippen LogP contribution < -0.4 is 5.32 Å². The van der Waals surface area contributed by atoms with Crippen LogP contribution in [0, 0.1) is 0 Å². The summed E-state index contributed by atoms with van der Waals surface area (Å²) in [5.41, 5.74) is 1.23. The lowest BCUT2D eigenvalue weighted by atomic mass is 10.2. The van der Waals surface area contributed by atoms with Gasteiger partial charge in [-0.2, -0.15) is 0 Å². The monoisotopic (exact) mass is 243 g/mol. The summed E-state index contributed by atoms with van der Waals surface area (Å²) in [6.45, 7) is 5.29. The lowest BCUT2D eigenvalue weighted by Gasteiger charge is -1.87. The summed E-state index contributed by atoms with van der Waals surface area (Å²) in [5.74, 6) is 0. The van der Waals surface area contributed by atoms with Gasteiger partial charge in [0.15, 0.2) is 0 Å². The Morgan fingerprint density at radius 3 is 2.17 bits per heavy atom. The van der Waals surface area contributed by atoms with Crippen LogP contribution in [-0.2, 0) is 0 Å². The van der Waals surface area contributed by atoms with Gasteiger partial charge in [0.25, 0.3) is 0 Å². The molecule has 0 aromatic heterocycles. The minimum Gasteiger partial charge on any atom is -0.320 e. The Balaban J connectivity index is 0.000000494. The van der Waals surface area contributed by atoms with Crippen molar-refractivity contribution >= 4 is 6.08 Å². The van der Waals surface area contributed by atoms with Crippen LogP contribution in [0.25, 0.3) is 6.08 Å². The third-order valence-corrected chi connectivity index (χ3v) is 2.11. The van der Waals surface area contributed by atoms with Crippen LogP contribution in [0.15, 0.2) is 60.7 Å². The fraction of sp³-hybridized carbons (Fsp3) is 0.294. The van der Waals surface area contributed by atoms with Gasteiger partial charge in [-0.1, -0.05) is 73.7 Å². The van der Waals surface area contributed by atoms with Gasteiger partial charge in [0.2, 0.25) is 0 Å². The van der Waals surface area contributed by atoms with E-state index >= 15 is 0 Å². The summed E-state index contributed by atoms with van der Waals surface area (Å²) >= 11 is 0. The maximum absolute atomic E-state index is 3.02. The van der Waals surface area contributed by atoms with Crippen molar-refractivity contribution in [3.8, 4) is 0 Å². The SMILES string of the molecule is CCCNC.C\C=C/C=C\C=C\c1ccccc1. The lowest BCUT2D eigenvalue weighted by Crippen LogP contribution is -2.04. The first-order valence-corrected chi connectivity index (χ1v) is 6.50. The molecule has 0 heterocycles. The normalized spacial score (nSPS) is 11.1. The van der Waals surface area contributed by atoms with Gasteiger partial charge in [0, 0.05) is 0 Å². The van der Waals surface area contributed by atoms with E-state index in [1.54, 1.807) is 0 Å². The molecule has 0 amide bonds. The molecule has 0 bridgehead atoms. The summed E-state index contributed by atoms with van der Waals surface area (Å²) < 4.78 is 0. The second kappa shape index (κ2) is 13.5. The van der Waals surface area contributed by atoms with Gasteiger partial charge in [-0.3, -0.25) is 0 Å². The molecule has 1 nitrogen and oxygen atoms in total. The number of benzene rings is 1. The van der Waals surface area contributed by atoms with Crippen molar-refractivity contribution in [3.05, 3.63) is 66.3 Å². The molecule has 1 N–H and O–H groups in total. The Morgan fingerprint density at radius 1 is 1.00 bits per heavy atom. The van der Waals surface area contributed by atoms with Gasteiger partial charge in [-0.25, -0.2) is 0 Å². The average Bonchev–Trinajstić information content (AvgIpc) is 2.41. The molecule has 0 aliphatic carbocycles. The van der Waals surface area contributed by atoms with Gasteiger partial charge in [0.1, 0.15) is 0 Å². The number of rotatable bonds is 5. The first-order valence-electron chi connectivity index (χ1n) is 6.50. The number of hydrogen-bond donors (Lipinski definition) is 1. The van der Waals surface area contributed by atoms with E-state index in [2.05, 4.69) is 30.4 Å². The summed E-state index contributed by atoms with van der Waals surface area (Å²) in [6.07, 6.45) is 13.4. The molecule has 1 aromatic rings. The van der Waals surface area contributed by atoms with Gasteiger partial charge < -0.3 is 5.32 Å². The van der Waals surface area contributed by atoms with Crippen molar-refractivity contribution in [1.29, 1.82) is 0 Å². The average molecular weight is 243 g/mol. The van der Waals surface area contributed by atoms with E-state index in [0.717, 1.165) is 6.54 Å².